The zero-order chi connectivity index (χ0) is 12.8. The van der Waals surface area contributed by atoms with Crippen molar-refractivity contribution in [3.8, 4) is 0 Å². The van der Waals surface area contributed by atoms with E-state index in [4.69, 9.17) is 5.11 Å². The Labute approximate surface area is 105 Å². The van der Waals surface area contributed by atoms with Crippen molar-refractivity contribution in [2.24, 2.45) is 17.3 Å². The van der Waals surface area contributed by atoms with Crippen molar-refractivity contribution in [1.29, 1.82) is 0 Å². The predicted octanol–water partition coefficient (Wildman–Crippen LogP) is 2.24. The molecule has 0 aliphatic heterocycles. The third-order valence-electron chi connectivity index (χ3n) is 2.37. The van der Waals surface area contributed by atoms with E-state index in [1.54, 1.807) is 10.8 Å². The van der Waals surface area contributed by atoms with Crippen LogP contribution in [0.4, 0.5) is 17.3 Å². The fraction of sp³-hybridized carbons (Fsp3) is 0.250. The predicted molar refractivity (Wildman–Crippen MR) is 69.4 cm³/mol. The van der Waals surface area contributed by atoms with Gasteiger partial charge in [-0.05, 0) is 12.1 Å². The number of aliphatic hydroxyl groups excluding tert-OH is 1. The van der Waals surface area contributed by atoms with E-state index in [-0.39, 0.29) is 6.61 Å². The third-order valence-corrected chi connectivity index (χ3v) is 2.37. The first-order valence-electron chi connectivity index (χ1n) is 5.64. The number of para-hydroxylation sites is 1. The van der Waals surface area contributed by atoms with Gasteiger partial charge in [-0.2, -0.15) is 0 Å². The van der Waals surface area contributed by atoms with Gasteiger partial charge in [-0.3, -0.25) is 0 Å². The quantitative estimate of drug-likeness (QED) is 0.793. The number of rotatable bonds is 5. The molecule has 0 aliphatic rings. The van der Waals surface area contributed by atoms with Gasteiger partial charge in [0.2, 0.25) is 5.95 Å². The summed E-state index contributed by atoms with van der Waals surface area (Å²) in [4.78, 5) is 4.06. The number of aliphatic hydroxyl groups is 1. The number of aryl methyl sites for hydroxylation is 1. The number of hydrogen-bond acceptors (Lipinski definition) is 5. The van der Waals surface area contributed by atoms with Crippen molar-refractivity contribution in [1.82, 2.24) is 9.55 Å². The molecule has 0 aliphatic carbocycles. The zero-order valence-corrected chi connectivity index (χ0v) is 10.1. The molecular weight excluding hydrogens is 230 g/mol. The fourth-order valence-electron chi connectivity index (χ4n) is 1.45. The highest BCUT2D eigenvalue weighted by atomic mass is 16.3. The minimum absolute atomic E-state index is 0.0742. The van der Waals surface area contributed by atoms with Crippen molar-refractivity contribution in [2.45, 2.75) is 0 Å². The molecule has 0 saturated heterocycles. The normalized spacial score (nSPS) is 11.0. The lowest BCUT2D eigenvalue weighted by atomic mass is 10.3. The summed E-state index contributed by atoms with van der Waals surface area (Å²) in [6.07, 6.45) is 3.48. The molecule has 0 saturated carbocycles. The minimum atomic E-state index is 0.0742. The Bertz CT molecular complexity index is 535. The number of azo groups is 1. The molecular formula is C12H15N5O. The van der Waals surface area contributed by atoms with Gasteiger partial charge in [-0.1, -0.05) is 12.1 Å². The largest absolute Gasteiger partial charge is 0.395 e. The Hall–Kier alpha value is -2.21. The molecule has 2 rings (SSSR count). The lowest BCUT2D eigenvalue weighted by molar-refractivity contribution is 0.311. The molecule has 6 heteroatoms. The average Bonchev–Trinajstić information content (AvgIpc) is 2.80. The number of imidazole rings is 1. The van der Waals surface area contributed by atoms with E-state index in [1.165, 1.54) is 0 Å². The second kappa shape index (κ2) is 5.92. The van der Waals surface area contributed by atoms with Crippen LogP contribution in [0, 0.1) is 0 Å². The van der Waals surface area contributed by atoms with Crippen molar-refractivity contribution in [3.63, 3.8) is 0 Å². The Morgan fingerprint density at radius 1 is 1.33 bits per heavy atom. The lowest BCUT2D eigenvalue weighted by Gasteiger charge is -2.06. The van der Waals surface area contributed by atoms with Crippen molar-refractivity contribution in [3.05, 3.63) is 36.7 Å². The van der Waals surface area contributed by atoms with Crippen LogP contribution in [0.2, 0.25) is 0 Å². The molecule has 1 aromatic carbocycles. The molecule has 1 heterocycles. The molecule has 0 bridgehead atoms. The molecule has 0 spiro atoms. The molecule has 0 radical (unpaired) electrons. The SMILES string of the molecule is Cn1ccnc1/N=N/c1ccccc1NCCO. The highest BCUT2D eigenvalue weighted by Gasteiger charge is 2.00. The second-order valence-corrected chi connectivity index (χ2v) is 3.71. The van der Waals surface area contributed by atoms with E-state index in [9.17, 15) is 0 Å². The maximum Gasteiger partial charge on any atom is 0.249 e. The summed E-state index contributed by atoms with van der Waals surface area (Å²) in [5, 5.41) is 20.1. The number of nitrogens with zero attached hydrogens (tertiary/aromatic N) is 4. The Morgan fingerprint density at radius 2 is 2.17 bits per heavy atom. The van der Waals surface area contributed by atoms with Gasteiger partial charge < -0.3 is 15.0 Å². The van der Waals surface area contributed by atoms with Gasteiger partial charge >= 0.3 is 0 Å². The molecule has 1 aromatic heterocycles. The summed E-state index contributed by atoms with van der Waals surface area (Å²) in [6.45, 7) is 0.555. The summed E-state index contributed by atoms with van der Waals surface area (Å²) in [5.41, 5.74) is 1.55. The van der Waals surface area contributed by atoms with Crippen LogP contribution in [0.15, 0.2) is 46.9 Å². The number of nitrogens with one attached hydrogen (secondary N) is 1. The second-order valence-electron chi connectivity index (χ2n) is 3.71. The van der Waals surface area contributed by atoms with Gasteiger partial charge in [-0.25, -0.2) is 4.98 Å². The van der Waals surface area contributed by atoms with Crippen LogP contribution >= 0.6 is 0 Å². The first kappa shape index (κ1) is 12.3. The topological polar surface area (TPSA) is 74.8 Å². The van der Waals surface area contributed by atoms with Crippen LogP contribution in [-0.4, -0.2) is 27.8 Å². The Kier molecular flexibility index (Phi) is 4.03. The van der Waals surface area contributed by atoms with E-state index in [2.05, 4.69) is 20.5 Å². The Balaban J connectivity index is 2.18. The fourth-order valence-corrected chi connectivity index (χ4v) is 1.45. The average molecular weight is 245 g/mol. The van der Waals surface area contributed by atoms with Gasteiger partial charge in [0.25, 0.3) is 0 Å². The monoisotopic (exact) mass is 245 g/mol. The van der Waals surface area contributed by atoms with E-state index in [1.807, 2.05) is 37.5 Å². The molecule has 2 aromatic rings. The molecule has 2 N–H and O–H groups in total. The molecule has 0 atom stereocenters. The number of benzene rings is 1. The summed E-state index contributed by atoms with van der Waals surface area (Å²) in [6, 6.07) is 7.53. The summed E-state index contributed by atoms with van der Waals surface area (Å²) in [7, 11) is 1.86. The lowest BCUT2D eigenvalue weighted by Crippen LogP contribution is -2.05. The van der Waals surface area contributed by atoms with Gasteiger partial charge in [0.15, 0.2) is 0 Å². The number of hydrogen-bond donors (Lipinski definition) is 2. The standard InChI is InChI=1S/C12H15N5O/c1-17-8-6-14-12(17)16-15-11-5-3-2-4-10(11)13-7-9-18/h2-6,8,13,18H,7,9H2,1H3/b16-15+. The third kappa shape index (κ3) is 2.92. The van der Waals surface area contributed by atoms with Crippen LogP contribution in [-0.2, 0) is 7.05 Å². The van der Waals surface area contributed by atoms with Gasteiger partial charge in [0, 0.05) is 26.0 Å². The molecule has 0 unspecified atom stereocenters. The van der Waals surface area contributed by atoms with E-state index in [0.717, 1.165) is 5.69 Å². The smallest absolute Gasteiger partial charge is 0.249 e. The van der Waals surface area contributed by atoms with E-state index >= 15 is 0 Å². The van der Waals surface area contributed by atoms with Crippen LogP contribution in [0.5, 0.6) is 0 Å². The highest BCUT2D eigenvalue weighted by Crippen LogP contribution is 2.25. The zero-order valence-electron chi connectivity index (χ0n) is 10.1. The summed E-state index contributed by atoms with van der Waals surface area (Å²) < 4.78 is 1.78. The number of anilines is 1. The maximum absolute atomic E-state index is 8.81. The molecule has 94 valence electrons. The van der Waals surface area contributed by atoms with E-state index in [0.29, 0.717) is 18.2 Å². The summed E-state index contributed by atoms with van der Waals surface area (Å²) >= 11 is 0. The van der Waals surface area contributed by atoms with Crippen LogP contribution in [0.1, 0.15) is 0 Å². The molecule has 0 fully saturated rings. The highest BCUT2D eigenvalue weighted by molar-refractivity contribution is 5.64. The molecule has 0 amide bonds. The molecule has 18 heavy (non-hydrogen) atoms. The molecule has 6 nitrogen and oxygen atoms in total. The first-order chi connectivity index (χ1) is 8.81. The van der Waals surface area contributed by atoms with Gasteiger partial charge in [0.1, 0.15) is 5.69 Å². The van der Waals surface area contributed by atoms with Crippen LogP contribution in [0.25, 0.3) is 0 Å². The van der Waals surface area contributed by atoms with Crippen molar-refractivity contribution < 1.29 is 5.11 Å². The van der Waals surface area contributed by atoms with Crippen LogP contribution < -0.4 is 5.32 Å². The summed E-state index contributed by atoms with van der Waals surface area (Å²) in [5.74, 6) is 0.548. The number of aromatic nitrogens is 2. The van der Waals surface area contributed by atoms with Gasteiger partial charge in [-0.15, -0.1) is 10.2 Å². The van der Waals surface area contributed by atoms with Crippen LogP contribution in [0.3, 0.4) is 0 Å². The minimum Gasteiger partial charge on any atom is -0.395 e. The van der Waals surface area contributed by atoms with Crippen molar-refractivity contribution >= 4 is 17.3 Å². The van der Waals surface area contributed by atoms with Gasteiger partial charge in [0.05, 0.1) is 12.3 Å². The Morgan fingerprint density at radius 3 is 2.89 bits per heavy atom. The maximum atomic E-state index is 8.81. The van der Waals surface area contributed by atoms with E-state index < -0.39 is 0 Å². The van der Waals surface area contributed by atoms with Crippen molar-refractivity contribution in [2.75, 3.05) is 18.5 Å². The first-order valence-corrected chi connectivity index (χ1v) is 5.64.